The average molecular weight is 280 g/mol. The lowest BCUT2D eigenvalue weighted by molar-refractivity contribution is -0.926. The Morgan fingerprint density at radius 3 is 2.35 bits per heavy atom. The summed E-state index contributed by atoms with van der Waals surface area (Å²) in [6.07, 6.45) is 10.2. The van der Waals surface area contributed by atoms with Crippen LogP contribution in [0.3, 0.4) is 0 Å². The predicted molar refractivity (Wildman–Crippen MR) is 83.4 cm³/mol. The van der Waals surface area contributed by atoms with E-state index in [0.29, 0.717) is 6.61 Å². The number of hydrogen-bond donors (Lipinski definition) is 0. The second-order valence-corrected chi connectivity index (χ2v) is 5.60. The minimum absolute atomic E-state index is 0.164. The molecule has 0 amide bonds. The van der Waals surface area contributed by atoms with Gasteiger partial charge < -0.3 is 9.22 Å². The largest absolute Gasteiger partial charge is 0.456 e. The molecule has 0 heterocycles. The molecular formula is C17H30NO2+. The van der Waals surface area contributed by atoms with Gasteiger partial charge in [-0.05, 0) is 32.6 Å². The second kappa shape index (κ2) is 8.96. The summed E-state index contributed by atoms with van der Waals surface area (Å²) in [4.78, 5) is 11.9. The summed E-state index contributed by atoms with van der Waals surface area (Å²) in [6.45, 7) is 11.6. The van der Waals surface area contributed by atoms with Crippen LogP contribution in [0.4, 0.5) is 0 Å². The fourth-order valence-corrected chi connectivity index (χ4v) is 2.94. The fraction of sp³-hybridized carbons (Fsp3) is 0.706. The molecular weight excluding hydrogens is 250 g/mol. The zero-order valence-electron chi connectivity index (χ0n) is 13.4. The quantitative estimate of drug-likeness (QED) is 0.477. The van der Waals surface area contributed by atoms with Crippen molar-refractivity contribution in [3.05, 3.63) is 23.8 Å². The normalized spacial score (nSPS) is 15.1. The Bertz CT molecular complexity index is 352. The summed E-state index contributed by atoms with van der Waals surface area (Å²) in [5.74, 6) is -0.164. The molecule has 0 aromatic heterocycles. The topological polar surface area (TPSA) is 26.3 Å². The van der Waals surface area contributed by atoms with Crippen molar-refractivity contribution in [3.8, 4) is 0 Å². The summed E-state index contributed by atoms with van der Waals surface area (Å²) in [6, 6.07) is 0. The first-order valence-corrected chi connectivity index (χ1v) is 8.06. The zero-order valence-corrected chi connectivity index (χ0v) is 13.4. The molecule has 0 aliphatic heterocycles. The number of esters is 1. The van der Waals surface area contributed by atoms with Crippen molar-refractivity contribution in [1.29, 1.82) is 0 Å². The van der Waals surface area contributed by atoms with Gasteiger partial charge in [-0.25, -0.2) is 4.79 Å². The predicted octanol–water partition coefficient (Wildman–Crippen LogP) is 3.46. The van der Waals surface area contributed by atoms with Gasteiger partial charge in [0.15, 0.2) is 0 Å². The lowest BCUT2D eigenvalue weighted by Gasteiger charge is -2.37. The number of rotatable bonds is 9. The maximum Gasteiger partial charge on any atom is 0.337 e. The van der Waals surface area contributed by atoms with Crippen LogP contribution in [0.15, 0.2) is 23.8 Å². The first kappa shape index (κ1) is 17.0. The Morgan fingerprint density at radius 2 is 1.85 bits per heavy atom. The molecule has 1 aliphatic rings. The van der Waals surface area contributed by atoms with Crippen molar-refractivity contribution in [2.24, 2.45) is 0 Å². The SMILES string of the molecule is CCC[N+](CC)(CCC)CCOC(=O)C1=CCCC=C1. The molecule has 0 spiro atoms. The van der Waals surface area contributed by atoms with E-state index in [9.17, 15) is 4.79 Å². The third kappa shape index (κ3) is 5.12. The van der Waals surface area contributed by atoms with E-state index in [2.05, 4.69) is 20.8 Å². The van der Waals surface area contributed by atoms with Crippen LogP contribution < -0.4 is 0 Å². The molecule has 0 aromatic rings. The van der Waals surface area contributed by atoms with Gasteiger partial charge in [-0.2, -0.15) is 0 Å². The van der Waals surface area contributed by atoms with Gasteiger partial charge >= 0.3 is 5.97 Å². The van der Waals surface area contributed by atoms with Gasteiger partial charge in [-0.1, -0.05) is 32.1 Å². The van der Waals surface area contributed by atoms with Crippen LogP contribution in [0.1, 0.15) is 46.5 Å². The Labute approximate surface area is 123 Å². The van der Waals surface area contributed by atoms with E-state index in [0.717, 1.165) is 36.0 Å². The van der Waals surface area contributed by atoms with Crippen molar-refractivity contribution in [3.63, 3.8) is 0 Å². The highest BCUT2D eigenvalue weighted by atomic mass is 16.5. The second-order valence-electron chi connectivity index (χ2n) is 5.60. The maximum absolute atomic E-state index is 11.9. The zero-order chi connectivity index (χ0) is 14.8. The van der Waals surface area contributed by atoms with Crippen molar-refractivity contribution in [2.45, 2.75) is 46.5 Å². The van der Waals surface area contributed by atoms with Gasteiger partial charge in [0.25, 0.3) is 0 Å². The summed E-state index contributed by atoms with van der Waals surface area (Å²) in [5, 5.41) is 0. The number of nitrogens with zero attached hydrogens (tertiary/aromatic N) is 1. The molecule has 0 fully saturated rings. The van der Waals surface area contributed by atoms with Crippen LogP contribution in [0, 0.1) is 0 Å². The molecule has 114 valence electrons. The minimum Gasteiger partial charge on any atom is -0.456 e. The van der Waals surface area contributed by atoms with E-state index >= 15 is 0 Å². The monoisotopic (exact) mass is 280 g/mol. The van der Waals surface area contributed by atoms with E-state index in [4.69, 9.17) is 4.74 Å². The van der Waals surface area contributed by atoms with Crippen LogP contribution in [0.2, 0.25) is 0 Å². The van der Waals surface area contributed by atoms with Crippen LogP contribution in [0.25, 0.3) is 0 Å². The van der Waals surface area contributed by atoms with Crippen molar-refractivity contribution in [2.75, 3.05) is 32.8 Å². The standard InChI is InChI=1S/C17H30NO2/c1-4-12-18(6-3,13-5-2)14-15-20-17(19)16-10-8-7-9-11-16/h8,10-11H,4-7,9,12-15H2,1-3H3/q+1. The van der Waals surface area contributed by atoms with E-state index in [1.54, 1.807) is 0 Å². The number of ether oxygens (including phenoxy) is 1. The summed E-state index contributed by atoms with van der Waals surface area (Å²) >= 11 is 0. The molecule has 0 bridgehead atoms. The first-order chi connectivity index (χ1) is 9.67. The molecule has 20 heavy (non-hydrogen) atoms. The van der Waals surface area contributed by atoms with Gasteiger partial charge in [-0.15, -0.1) is 0 Å². The smallest absolute Gasteiger partial charge is 0.337 e. The molecule has 3 heteroatoms. The van der Waals surface area contributed by atoms with Gasteiger partial charge in [-0.3, -0.25) is 0 Å². The highest BCUT2D eigenvalue weighted by Crippen LogP contribution is 2.13. The molecule has 0 aromatic carbocycles. The number of likely N-dealkylation sites (N-methyl/N-ethyl adjacent to an activating group) is 1. The molecule has 1 aliphatic carbocycles. The third-order valence-electron chi connectivity index (χ3n) is 4.10. The Hall–Kier alpha value is -1.09. The highest BCUT2D eigenvalue weighted by Gasteiger charge is 2.23. The van der Waals surface area contributed by atoms with Gasteiger partial charge in [0.05, 0.1) is 25.2 Å². The molecule has 0 unspecified atom stereocenters. The molecule has 0 saturated heterocycles. The lowest BCUT2D eigenvalue weighted by atomic mass is 10.1. The van der Waals surface area contributed by atoms with Gasteiger partial charge in [0, 0.05) is 0 Å². The molecule has 1 rings (SSSR count). The van der Waals surface area contributed by atoms with Crippen LogP contribution in [-0.2, 0) is 9.53 Å². The summed E-state index contributed by atoms with van der Waals surface area (Å²) < 4.78 is 6.52. The number of allylic oxidation sites excluding steroid dienone is 2. The summed E-state index contributed by atoms with van der Waals surface area (Å²) in [5.41, 5.74) is 0.719. The molecule has 0 N–H and O–H groups in total. The Balaban J connectivity index is 2.45. The van der Waals surface area contributed by atoms with Crippen molar-refractivity contribution in [1.82, 2.24) is 0 Å². The molecule has 0 atom stereocenters. The molecule has 3 nitrogen and oxygen atoms in total. The fourth-order valence-electron chi connectivity index (χ4n) is 2.94. The molecule has 0 saturated carbocycles. The lowest BCUT2D eigenvalue weighted by Crippen LogP contribution is -2.51. The number of quaternary nitrogens is 1. The third-order valence-corrected chi connectivity index (χ3v) is 4.10. The van der Waals surface area contributed by atoms with Crippen molar-refractivity contribution < 1.29 is 14.0 Å². The van der Waals surface area contributed by atoms with Crippen LogP contribution in [-0.4, -0.2) is 43.2 Å². The van der Waals surface area contributed by atoms with E-state index in [1.807, 2.05) is 18.2 Å². The highest BCUT2D eigenvalue weighted by molar-refractivity contribution is 5.91. The van der Waals surface area contributed by atoms with Crippen LogP contribution in [0.5, 0.6) is 0 Å². The van der Waals surface area contributed by atoms with Crippen LogP contribution >= 0.6 is 0 Å². The van der Waals surface area contributed by atoms with E-state index in [1.165, 1.54) is 25.9 Å². The average Bonchev–Trinajstić information content (AvgIpc) is 2.48. The summed E-state index contributed by atoms with van der Waals surface area (Å²) in [7, 11) is 0. The number of hydrogen-bond acceptors (Lipinski definition) is 2. The Kier molecular flexibility index (Phi) is 7.60. The van der Waals surface area contributed by atoms with Gasteiger partial charge in [0.1, 0.15) is 13.2 Å². The van der Waals surface area contributed by atoms with E-state index in [-0.39, 0.29) is 5.97 Å². The number of carbonyl (C=O) groups is 1. The maximum atomic E-state index is 11.9. The number of carbonyl (C=O) groups excluding carboxylic acids is 1. The van der Waals surface area contributed by atoms with E-state index < -0.39 is 0 Å². The first-order valence-electron chi connectivity index (χ1n) is 8.06. The minimum atomic E-state index is -0.164. The van der Waals surface area contributed by atoms with Gasteiger partial charge in [0.2, 0.25) is 0 Å². The van der Waals surface area contributed by atoms with Crippen molar-refractivity contribution >= 4 is 5.97 Å². The Morgan fingerprint density at radius 1 is 1.15 bits per heavy atom. The molecule has 0 radical (unpaired) electrons.